The molecule has 0 amide bonds. The number of diazo groups is 1. The summed E-state index contributed by atoms with van der Waals surface area (Å²) in [6.45, 7) is 7.80. The Morgan fingerprint density at radius 3 is 2.50 bits per heavy atom. The second-order valence-electron chi connectivity index (χ2n) is 4.36. The average Bonchev–Trinajstić information content (AvgIpc) is 2.49. The van der Waals surface area contributed by atoms with Crippen molar-refractivity contribution in [3.8, 4) is 11.5 Å². The van der Waals surface area contributed by atoms with Crippen molar-refractivity contribution in [1.29, 1.82) is 5.39 Å². The highest BCUT2D eigenvalue weighted by atomic mass is 16.5. The molecule has 108 valence electrons. The zero-order valence-electron chi connectivity index (χ0n) is 12.0. The summed E-state index contributed by atoms with van der Waals surface area (Å²) in [7, 11) is 0. The molecule has 0 spiro atoms. The predicted octanol–water partition coefficient (Wildman–Crippen LogP) is 2.81. The van der Waals surface area contributed by atoms with Crippen LogP contribution in [0.4, 0.5) is 11.4 Å². The molecule has 1 aliphatic rings. The fourth-order valence-electron chi connectivity index (χ4n) is 2.23. The van der Waals surface area contributed by atoms with Gasteiger partial charge in [0, 0.05) is 19.2 Å². The van der Waals surface area contributed by atoms with Gasteiger partial charge in [-0.3, -0.25) is 0 Å². The summed E-state index contributed by atoms with van der Waals surface area (Å²) in [6, 6.07) is 3.60. The second kappa shape index (κ2) is 6.96. The molecule has 20 heavy (non-hydrogen) atoms. The predicted molar refractivity (Wildman–Crippen MR) is 76.6 cm³/mol. The van der Waals surface area contributed by atoms with Gasteiger partial charge in [-0.25, -0.2) is 0 Å². The van der Waals surface area contributed by atoms with E-state index in [4.69, 9.17) is 14.2 Å². The summed E-state index contributed by atoms with van der Waals surface area (Å²) in [4.78, 5) is 5.48. The third-order valence-corrected chi connectivity index (χ3v) is 3.08. The van der Waals surface area contributed by atoms with E-state index in [1.54, 1.807) is 6.07 Å². The summed E-state index contributed by atoms with van der Waals surface area (Å²) in [6.07, 6.45) is 0. The Labute approximate surface area is 118 Å². The highest BCUT2D eigenvalue weighted by molar-refractivity contribution is 5.75. The standard InChI is InChI=1S/C14H20N3O3/c1-3-19-11-9-12(16-15)14(20-4-2)13(10-11)17-5-7-18-8-6-17/h9-10H,3-8H2,1-2H3/q+1. The first-order chi connectivity index (χ1) is 9.80. The molecule has 0 N–H and O–H groups in total. The lowest BCUT2D eigenvalue weighted by molar-refractivity contribution is 0.122. The summed E-state index contributed by atoms with van der Waals surface area (Å²) in [5, 5.41) is 9.21. The molecule has 0 unspecified atom stereocenters. The van der Waals surface area contributed by atoms with Gasteiger partial charge in [0.05, 0.1) is 38.2 Å². The van der Waals surface area contributed by atoms with E-state index in [-0.39, 0.29) is 0 Å². The van der Waals surface area contributed by atoms with Crippen molar-refractivity contribution in [2.24, 2.45) is 0 Å². The van der Waals surface area contributed by atoms with Crippen molar-refractivity contribution < 1.29 is 14.2 Å². The molecule has 6 nitrogen and oxygen atoms in total. The monoisotopic (exact) mass is 278 g/mol. The molecule has 6 heteroatoms. The molecule has 0 aromatic heterocycles. The van der Waals surface area contributed by atoms with E-state index in [2.05, 4.69) is 9.88 Å². The van der Waals surface area contributed by atoms with E-state index in [1.807, 2.05) is 19.9 Å². The molecule has 0 atom stereocenters. The van der Waals surface area contributed by atoms with E-state index >= 15 is 0 Å². The van der Waals surface area contributed by atoms with E-state index in [1.165, 1.54) is 0 Å². The minimum Gasteiger partial charge on any atom is -0.493 e. The van der Waals surface area contributed by atoms with Gasteiger partial charge >= 0.3 is 5.69 Å². The van der Waals surface area contributed by atoms with Crippen LogP contribution in [0.15, 0.2) is 12.1 Å². The maximum atomic E-state index is 9.21. The Morgan fingerprint density at radius 1 is 1.20 bits per heavy atom. The van der Waals surface area contributed by atoms with Crippen LogP contribution < -0.4 is 14.4 Å². The fraction of sp³-hybridized carbons (Fsp3) is 0.571. The lowest BCUT2D eigenvalue weighted by Crippen LogP contribution is -2.36. The highest BCUT2D eigenvalue weighted by Crippen LogP contribution is 2.42. The quantitative estimate of drug-likeness (QED) is 0.775. The molecule has 0 bridgehead atoms. The molecule has 1 fully saturated rings. The number of rotatable bonds is 5. The normalized spacial score (nSPS) is 14.8. The molecule has 1 aliphatic heterocycles. The Morgan fingerprint density at radius 2 is 1.90 bits per heavy atom. The van der Waals surface area contributed by atoms with Crippen LogP contribution in [0.2, 0.25) is 0 Å². The zero-order valence-corrected chi connectivity index (χ0v) is 12.0. The van der Waals surface area contributed by atoms with E-state index in [0.29, 0.717) is 43.6 Å². The lowest BCUT2D eigenvalue weighted by Gasteiger charge is -2.29. The third kappa shape index (κ3) is 3.11. The lowest BCUT2D eigenvalue weighted by atomic mass is 10.2. The molecule has 1 heterocycles. The number of ether oxygens (including phenoxy) is 3. The largest absolute Gasteiger partial charge is 0.493 e. The molecule has 0 saturated carbocycles. The molecule has 1 aromatic carbocycles. The van der Waals surface area contributed by atoms with Crippen LogP contribution in [0, 0.1) is 5.39 Å². The Balaban J connectivity index is 2.43. The molecule has 1 saturated heterocycles. The average molecular weight is 278 g/mol. The molecule has 0 radical (unpaired) electrons. The van der Waals surface area contributed by atoms with Crippen molar-refractivity contribution in [3.63, 3.8) is 0 Å². The zero-order chi connectivity index (χ0) is 14.4. The van der Waals surface area contributed by atoms with Crippen LogP contribution in [0.25, 0.3) is 4.98 Å². The highest BCUT2D eigenvalue weighted by Gasteiger charge is 2.26. The third-order valence-electron chi connectivity index (χ3n) is 3.08. The van der Waals surface area contributed by atoms with Gasteiger partial charge < -0.3 is 19.1 Å². The summed E-state index contributed by atoms with van der Waals surface area (Å²) >= 11 is 0. The van der Waals surface area contributed by atoms with E-state index < -0.39 is 0 Å². The van der Waals surface area contributed by atoms with E-state index in [9.17, 15) is 5.39 Å². The van der Waals surface area contributed by atoms with Crippen LogP contribution in [0.5, 0.6) is 11.5 Å². The summed E-state index contributed by atoms with van der Waals surface area (Å²) in [5.41, 5.74) is 1.27. The number of nitrogens with zero attached hydrogens (tertiary/aromatic N) is 3. The Kier molecular flexibility index (Phi) is 5.02. The Hall–Kier alpha value is -2.00. The van der Waals surface area contributed by atoms with Crippen LogP contribution in [-0.4, -0.2) is 39.5 Å². The van der Waals surface area contributed by atoms with Gasteiger partial charge in [-0.2, -0.15) is 0 Å². The number of hydrogen-bond donors (Lipinski definition) is 0. The maximum Gasteiger partial charge on any atom is 0.432 e. The number of morpholine rings is 1. The molecule has 2 rings (SSSR count). The van der Waals surface area contributed by atoms with E-state index in [0.717, 1.165) is 18.8 Å². The van der Waals surface area contributed by atoms with Gasteiger partial charge in [-0.05, 0) is 13.8 Å². The smallest absolute Gasteiger partial charge is 0.432 e. The van der Waals surface area contributed by atoms with Crippen molar-refractivity contribution in [2.75, 3.05) is 44.4 Å². The van der Waals surface area contributed by atoms with Crippen molar-refractivity contribution >= 4 is 11.4 Å². The van der Waals surface area contributed by atoms with Crippen LogP contribution in [-0.2, 0) is 4.74 Å². The number of benzene rings is 1. The van der Waals surface area contributed by atoms with Crippen LogP contribution >= 0.6 is 0 Å². The van der Waals surface area contributed by atoms with Gasteiger partial charge in [0.15, 0.2) is 4.98 Å². The molecular formula is C14H20N3O3+. The summed E-state index contributed by atoms with van der Waals surface area (Å²) < 4.78 is 16.6. The minimum atomic E-state index is 0.388. The fourth-order valence-corrected chi connectivity index (χ4v) is 2.23. The number of anilines is 1. The topological polar surface area (TPSA) is 59.1 Å². The van der Waals surface area contributed by atoms with Crippen molar-refractivity contribution in [3.05, 3.63) is 17.1 Å². The Bertz CT molecular complexity index is 493. The van der Waals surface area contributed by atoms with Crippen molar-refractivity contribution in [1.82, 2.24) is 0 Å². The molecule has 1 aromatic rings. The van der Waals surface area contributed by atoms with Crippen LogP contribution in [0.1, 0.15) is 13.8 Å². The molecule has 0 aliphatic carbocycles. The van der Waals surface area contributed by atoms with Gasteiger partial charge in [0.25, 0.3) is 0 Å². The van der Waals surface area contributed by atoms with Gasteiger partial charge in [-0.1, -0.05) is 0 Å². The summed E-state index contributed by atoms with van der Waals surface area (Å²) in [5.74, 6) is 1.26. The minimum absolute atomic E-state index is 0.388. The van der Waals surface area contributed by atoms with Gasteiger partial charge in [0.2, 0.25) is 11.1 Å². The van der Waals surface area contributed by atoms with Crippen LogP contribution in [0.3, 0.4) is 0 Å². The maximum absolute atomic E-state index is 9.21. The first-order valence-electron chi connectivity index (χ1n) is 6.91. The molecular weight excluding hydrogens is 258 g/mol. The van der Waals surface area contributed by atoms with Crippen molar-refractivity contribution in [2.45, 2.75) is 13.8 Å². The van der Waals surface area contributed by atoms with Gasteiger partial charge in [0.1, 0.15) is 5.75 Å². The number of hydrogen-bond acceptors (Lipinski definition) is 5. The SMILES string of the molecule is CCOc1cc([N+]#N)c(OCC)c(N2CCOCC2)c1. The van der Waals surface area contributed by atoms with Gasteiger partial charge in [-0.15, -0.1) is 0 Å². The first kappa shape index (κ1) is 14.4. The first-order valence-corrected chi connectivity index (χ1v) is 6.91. The second-order valence-corrected chi connectivity index (χ2v) is 4.36.